The average Bonchev–Trinajstić information content (AvgIpc) is 2.50. The predicted octanol–water partition coefficient (Wildman–Crippen LogP) is 2.47. The Kier molecular flexibility index (Phi) is 4.66. The Morgan fingerprint density at radius 3 is 2.43 bits per heavy atom. The summed E-state index contributed by atoms with van der Waals surface area (Å²) in [7, 11) is 3.12. The molecule has 0 aliphatic carbocycles. The Bertz CT molecular complexity index is 624. The fraction of sp³-hybridized carbons (Fsp3) is 0.188. The molecule has 0 bridgehead atoms. The summed E-state index contributed by atoms with van der Waals surface area (Å²) in [5.74, 6) is 1.10. The molecule has 0 saturated carbocycles. The minimum Gasteiger partial charge on any atom is -0.497 e. The molecule has 2 aromatic rings. The number of carbonyl (C=O) groups is 1. The SMILES string of the molecule is COc1ccc(NC(=O)Cc2ccc(N)cc2)c(OC)c1. The first-order chi connectivity index (χ1) is 10.1. The summed E-state index contributed by atoms with van der Waals surface area (Å²) in [5.41, 5.74) is 7.80. The van der Waals surface area contributed by atoms with Gasteiger partial charge in [0, 0.05) is 11.8 Å². The van der Waals surface area contributed by atoms with E-state index in [1.54, 1.807) is 44.6 Å². The number of hydrogen-bond acceptors (Lipinski definition) is 4. The van der Waals surface area contributed by atoms with Gasteiger partial charge in [0.05, 0.1) is 26.3 Å². The molecule has 2 aromatic carbocycles. The first-order valence-corrected chi connectivity index (χ1v) is 6.48. The minimum atomic E-state index is -0.122. The van der Waals surface area contributed by atoms with E-state index in [9.17, 15) is 4.79 Å². The van der Waals surface area contributed by atoms with Crippen LogP contribution in [0.3, 0.4) is 0 Å². The predicted molar refractivity (Wildman–Crippen MR) is 82.7 cm³/mol. The number of ether oxygens (including phenoxy) is 2. The highest BCUT2D eigenvalue weighted by Crippen LogP contribution is 2.29. The molecule has 0 radical (unpaired) electrons. The maximum absolute atomic E-state index is 12.1. The number of benzene rings is 2. The van der Waals surface area contributed by atoms with E-state index in [0.717, 1.165) is 5.56 Å². The van der Waals surface area contributed by atoms with Gasteiger partial charge in [-0.2, -0.15) is 0 Å². The lowest BCUT2D eigenvalue weighted by Crippen LogP contribution is -2.15. The van der Waals surface area contributed by atoms with Gasteiger partial charge in [-0.15, -0.1) is 0 Å². The summed E-state index contributed by atoms with van der Waals surface area (Å²) < 4.78 is 10.4. The smallest absolute Gasteiger partial charge is 0.228 e. The summed E-state index contributed by atoms with van der Waals surface area (Å²) in [5, 5.41) is 2.83. The molecule has 0 saturated heterocycles. The summed E-state index contributed by atoms with van der Waals surface area (Å²) in [4.78, 5) is 12.1. The van der Waals surface area contributed by atoms with Crippen molar-refractivity contribution in [2.45, 2.75) is 6.42 Å². The van der Waals surface area contributed by atoms with E-state index in [1.165, 1.54) is 0 Å². The quantitative estimate of drug-likeness (QED) is 0.828. The number of hydrogen-bond donors (Lipinski definition) is 2. The zero-order chi connectivity index (χ0) is 15.2. The van der Waals surface area contributed by atoms with Gasteiger partial charge in [-0.1, -0.05) is 12.1 Å². The van der Waals surface area contributed by atoms with Crippen molar-refractivity contribution in [2.75, 3.05) is 25.3 Å². The molecule has 3 N–H and O–H groups in total. The van der Waals surface area contributed by atoms with Crippen LogP contribution in [-0.4, -0.2) is 20.1 Å². The Hall–Kier alpha value is -2.69. The van der Waals surface area contributed by atoms with Crippen molar-refractivity contribution in [3.8, 4) is 11.5 Å². The Morgan fingerprint density at radius 2 is 1.81 bits per heavy atom. The van der Waals surface area contributed by atoms with Crippen LogP contribution in [0.2, 0.25) is 0 Å². The van der Waals surface area contributed by atoms with Gasteiger partial charge in [0.25, 0.3) is 0 Å². The van der Waals surface area contributed by atoms with E-state index < -0.39 is 0 Å². The molecule has 0 atom stereocenters. The lowest BCUT2D eigenvalue weighted by Gasteiger charge is -2.11. The highest BCUT2D eigenvalue weighted by Gasteiger charge is 2.09. The third kappa shape index (κ3) is 3.89. The Labute approximate surface area is 123 Å². The lowest BCUT2D eigenvalue weighted by molar-refractivity contribution is -0.115. The second-order valence-electron chi connectivity index (χ2n) is 4.53. The van der Waals surface area contributed by atoms with Crippen LogP contribution in [0.5, 0.6) is 11.5 Å². The molecule has 0 unspecified atom stereocenters. The van der Waals surface area contributed by atoms with Gasteiger partial charge in [0.15, 0.2) is 0 Å². The molecule has 21 heavy (non-hydrogen) atoms. The number of nitrogen functional groups attached to an aromatic ring is 1. The van der Waals surface area contributed by atoms with E-state index in [1.807, 2.05) is 12.1 Å². The molecule has 0 heterocycles. The highest BCUT2D eigenvalue weighted by atomic mass is 16.5. The highest BCUT2D eigenvalue weighted by molar-refractivity contribution is 5.93. The van der Waals surface area contributed by atoms with Crippen LogP contribution in [0, 0.1) is 0 Å². The van der Waals surface area contributed by atoms with Crippen molar-refractivity contribution in [1.29, 1.82) is 0 Å². The van der Waals surface area contributed by atoms with E-state index >= 15 is 0 Å². The van der Waals surface area contributed by atoms with E-state index in [-0.39, 0.29) is 12.3 Å². The normalized spacial score (nSPS) is 10.0. The van der Waals surface area contributed by atoms with Gasteiger partial charge in [0.2, 0.25) is 5.91 Å². The Morgan fingerprint density at radius 1 is 1.10 bits per heavy atom. The van der Waals surface area contributed by atoms with Crippen molar-refractivity contribution in [2.24, 2.45) is 0 Å². The summed E-state index contributed by atoms with van der Waals surface area (Å²) in [6, 6.07) is 12.5. The van der Waals surface area contributed by atoms with Gasteiger partial charge in [-0.25, -0.2) is 0 Å². The molecule has 5 nitrogen and oxygen atoms in total. The van der Waals surface area contributed by atoms with E-state index in [4.69, 9.17) is 15.2 Å². The molecule has 5 heteroatoms. The molecule has 2 rings (SSSR count). The summed E-state index contributed by atoms with van der Waals surface area (Å²) in [6.45, 7) is 0. The molecule has 1 amide bonds. The van der Waals surface area contributed by atoms with Crippen molar-refractivity contribution >= 4 is 17.3 Å². The fourth-order valence-corrected chi connectivity index (χ4v) is 1.92. The second kappa shape index (κ2) is 6.65. The van der Waals surface area contributed by atoms with Crippen LogP contribution >= 0.6 is 0 Å². The van der Waals surface area contributed by atoms with Gasteiger partial charge in [-0.3, -0.25) is 4.79 Å². The number of carbonyl (C=O) groups excluding carboxylic acids is 1. The number of nitrogens with one attached hydrogen (secondary N) is 1. The molecular weight excluding hydrogens is 268 g/mol. The zero-order valence-electron chi connectivity index (χ0n) is 12.1. The van der Waals surface area contributed by atoms with Gasteiger partial charge in [0.1, 0.15) is 11.5 Å². The number of methoxy groups -OCH3 is 2. The first-order valence-electron chi connectivity index (χ1n) is 6.48. The topological polar surface area (TPSA) is 73.6 Å². The third-order valence-electron chi connectivity index (χ3n) is 3.03. The van der Waals surface area contributed by atoms with Crippen molar-refractivity contribution in [1.82, 2.24) is 0 Å². The zero-order valence-corrected chi connectivity index (χ0v) is 12.1. The largest absolute Gasteiger partial charge is 0.497 e. The lowest BCUT2D eigenvalue weighted by atomic mass is 10.1. The van der Waals surface area contributed by atoms with Crippen LogP contribution in [0.15, 0.2) is 42.5 Å². The van der Waals surface area contributed by atoms with Crippen LogP contribution in [0.1, 0.15) is 5.56 Å². The van der Waals surface area contributed by atoms with Crippen molar-refractivity contribution in [3.63, 3.8) is 0 Å². The molecule has 110 valence electrons. The van der Waals surface area contributed by atoms with Crippen LogP contribution in [-0.2, 0) is 11.2 Å². The number of nitrogens with two attached hydrogens (primary N) is 1. The minimum absolute atomic E-state index is 0.122. The number of rotatable bonds is 5. The molecule has 0 spiro atoms. The number of amides is 1. The van der Waals surface area contributed by atoms with E-state index in [2.05, 4.69) is 5.32 Å². The summed E-state index contributed by atoms with van der Waals surface area (Å²) >= 11 is 0. The molecular formula is C16H18N2O3. The Balaban J connectivity index is 2.07. The van der Waals surface area contributed by atoms with Crippen LogP contribution in [0.25, 0.3) is 0 Å². The molecule has 0 fully saturated rings. The average molecular weight is 286 g/mol. The van der Waals surface area contributed by atoms with Crippen LogP contribution < -0.4 is 20.5 Å². The van der Waals surface area contributed by atoms with Crippen molar-refractivity contribution < 1.29 is 14.3 Å². The number of anilines is 2. The van der Waals surface area contributed by atoms with Crippen LogP contribution in [0.4, 0.5) is 11.4 Å². The molecule has 0 aromatic heterocycles. The fourth-order valence-electron chi connectivity index (χ4n) is 1.92. The van der Waals surface area contributed by atoms with E-state index in [0.29, 0.717) is 22.9 Å². The maximum atomic E-state index is 12.1. The van der Waals surface area contributed by atoms with Gasteiger partial charge >= 0.3 is 0 Å². The van der Waals surface area contributed by atoms with Gasteiger partial charge in [-0.05, 0) is 29.8 Å². The molecule has 0 aliphatic heterocycles. The second-order valence-corrected chi connectivity index (χ2v) is 4.53. The summed E-state index contributed by atoms with van der Waals surface area (Å²) in [6.07, 6.45) is 0.273. The monoisotopic (exact) mass is 286 g/mol. The van der Waals surface area contributed by atoms with Crippen molar-refractivity contribution in [3.05, 3.63) is 48.0 Å². The standard InChI is InChI=1S/C16H18N2O3/c1-20-13-7-8-14(15(10-13)21-2)18-16(19)9-11-3-5-12(17)6-4-11/h3-8,10H,9,17H2,1-2H3,(H,18,19). The van der Waals surface area contributed by atoms with Gasteiger partial charge < -0.3 is 20.5 Å². The maximum Gasteiger partial charge on any atom is 0.228 e. The first kappa shape index (κ1) is 14.7. The molecule has 0 aliphatic rings. The third-order valence-corrected chi connectivity index (χ3v) is 3.03.